The number of amides is 2. The maximum absolute atomic E-state index is 14.5. The smallest absolute Gasteiger partial charge is 0.411 e. The number of aromatic nitrogens is 4. The highest BCUT2D eigenvalue weighted by Crippen LogP contribution is 2.33. The van der Waals surface area contributed by atoms with Crippen LogP contribution in [0.3, 0.4) is 0 Å². The summed E-state index contributed by atoms with van der Waals surface area (Å²) < 4.78 is 39.2. The Bertz CT molecular complexity index is 1560. The zero-order valence-corrected chi connectivity index (χ0v) is 24.7. The fraction of sp³-hybridized carbons (Fsp3) is 0.464. The van der Waals surface area contributed by atoms with Gasteiger partial charge < -0.3 is 14.5 Å². The van der Waals surface area contributed by atoms with E-state index in [0.717, 1.165) is 23.8 Å². The first-order chi connectivity index (χ1) is 19.5. The molecule has 2 aromatic heterocycles. The number of hydrogen-bond acceptors (Lipinski definition) is 9. The first-order valence-corrected chi connectivity index (χ1v) is 13.1. The van der Waals surface area contributed by atoms with E-state index in [4.69, 9.17) is 4.42 Å². The van der Waals surface area contributed by atoms with Crippen LogP contribution in [0.2, 0.25) is 0 Å². The van der Waals surface area contributed by atoms with Crippen molar-refractivity contribution < 1.29 is 32.3 Å². The first-order valence-electron chi connectivity index (χ1n) is 13.1. The first kappa shape index (κ1) is 32.0. The lowest BCUT2D eigenvalue weighted by Crippen LogP contribution is -2.47. The van der Waals surface area contributed by atoms with E-state index in [-0.39, 0.29) is 23.0 Å². The standard InChI is InChI=1S/C28H34F2N6O6/c1-14(2)20(21(38)22-34-35-25(42-22)28(6,7)16-10-9-15(29)11-17(16)30)33-19(37)13-36-23(39)18(32-26(40)41-8)12-31-24(36)27(3,4)5/h9-12,14,20H,13H2,1-8H3,(H,32,40)(H,33,37)/t20-/m0/s1. The van der Waals surface area contributed by atoms with Crippen LogP contribution in [0.5, 0.6) is 0 Å². The predicted octanol–water partition coefficient (Wildman–Crippen LogP) is 3.73. The molecule has 0 unspecified atom stereocenters. The van der Waals surface area contributed by atoms with Crippen LogP contribution < -0.4 is 16.2 Å². The van der Waals surface area contributed by atoms with Gasteiger partial charge >= 0.3 is 6.09 Å². The van der Waals surface area contributed by atoms with Crippen molar-refractivity contribution in [2.24, 2.45) is 5.92 Å². The van der Waals surface area contributed by atoms with E-state index in [9.17, 15) is 28.0 Å². The summed E-state index contributed by atoms with van der Waals surface area (Å²) in [4.78, 5) is 55.7. The number of ketones is 1. The molecule has 3 rings (SSSR count). The molecule has 0 bridgehead atoms. The van der Waals surface area contributed by atoms with Crippen molar-refractivity contribution >= 4 is 23.5 Å². The van der Waals surface area contributed by atoms with E-state index in [1.54, 1.807) is 48.5 Å². The van der Waals surface area contributed by atoms with E-state index in [1.165, 1.54) is 12.3 Å². The topological polar surface area (TPSA) is 158 Å². The number of hydrogen-bond donors (Lipinski definition) is 2. The Morgan fingerprint density at radius 2 is 1.76 bits per heavy atom. The monoisotopic (exact) mass is 588 g/mol. The fourth-order valence-electron chi connectivity index (χ4n) is 4.20. The number of halogens is 2. The second-order valence-electron chi connectivity index (χ2n) is 11.6. The molecule has 1 aromatic carbocycles. The number of nitrogens with one attached hydrogen (secondary N) is 2. The number of nitrogens with zero attached hydrogens (tertiary/aromatic N) is 4. The molecule has 0 fully saturated rings. The van der Waals surface area contributed by atoms with Crippen molar-refractivity contribution in [2.45, 2.75) is 71.9 Å². The van der Waals surface area contributed by atoms with Gasteiger partial charge in [-0.05, 0) is 25.8 Å². The average Bonchev–Trinajstić information content (AvgIpc) is 3.39. The normalized spacial score (nSPS) is 12.6. The molecule has 226 valence electrons. The molecule has 0 spiro atoms. The van der Waals surface area contributed by atoms with Gasteiger partial charge in [-0.2, -0.15) is 0 Å². The van der Waals surface area contributed by atoms with Gasteiger partial charge in [-0.3, -0.25) is 24.3 Å². The molecule has 2 amide bonds. The van der Waals surface area contributed by atoms with Crippen LogP contribution in [0, 0.1) is 17.6 Å². The van der Waals surface area contributed by atoms with Crippen LogP contribution in [0.1, 0.15) is 76.4 Å². The number of ether oxygens (including phenoxy) is 1. The molecule has 3 aromatic rings. The molecule has 14 heteroatoms. The van der Waals surface area contributed by atoms with Gasteiger partial charge in [-0.25, -0.2) is 18.6 Å². The SMILES string of the molecule is COC(=O)Nc1cnc(C(C)(C)C)n(CC(=O)N[C@H](C(=O)c2nnc(C(C)(C)c3ccc(F)cc3F)o2)C(C)C)c1=O. The highest BCUT2D eigenvalue weighted by molar-refractivity contribution is 5.98. The number of benzene rings is 1. The Morgan fingerprint density at radius 3 is 2.33 bits per heavy atom. The Kier molecular flexibility index (Phi) is 9.28. The van der Waals surface area contributed by atoms with E-state index in [1.807, 2.05) is 0 Å². The van der Waals surface area contributed by atoms with Crippen LogP contribution in [0.4, 0.5) is 19.3 Å². The summed E-state index contributed by atoms with van der Waals surface area (Å²) >= 11 is 0. The fourth-order valence-corrected chi connectivity index (χ4v) is 4.20. The summed E-state index contributed by atoms with van der Waals surface area (Å²) in [6, 6.07) is 1.96. The van der Waals surface area contributed by atoms with Gasteiger partial charge in [-0.1, -0.05) is 40.7 Å². The number of rotatable bonds is 9. The summed E-state index contributed by atoms with van der Waals surface area (Å²) in [7, 11) is 1.13. The Balaban J connectivity index is 1.88. The summed E-state index contributed by atoms with van der Waals surface area (Å²) in [6.45, 7) is 11.4. The molecular formula is C28H34F2N6O6. The number of carbonyl (C=O) groups is 3. The Labute approximate surface area is 240 Å². The lowest BCUT2D eigenvalue weighted by atomic mass is 9.84. The summed E-state index contributed by atoms with van der Waals surface area (Å²) in [5.74, 6) is -3.64. The van der Waals surface area contributed by atoms with Crippen molar-refractivity contribution in [3.63, 3.8) is 0 Å². The number of anilines is 1. The zero-order valence-electron chi connectivity index (χ0n) is 24.7. The number of methoxy groups -OCH3 is 1. The van der Waals surface area contributed by atoms with Crippen LogP contribution in [0.25, 0.3) is 0 Å². The predicted molar refractivity (Wildman–Crippen MR) is 147 cm³/mol. The van der Waals surface area contributed by atoms with Gasteiger partial charge in [0.1, 0.15) is 29.7 Å². The zero-order chi connectivity index (χ0) is 31.6. The largest absolute Gasteiger partial charge is 0.453 e. The lowest BCUT2D eigenvalue weighted by molar-refractivity contribution is -0.122. The molecule has 12 nitrogen and oxygen atoms in total. The highest BCUT2D eigenvalue weighted by atomic mass is 19.1. The van der Waals surface area contributed by atoms with Gasteiger partial charge in [0, 0.05) is 17.0 Å². The third-order valence-corrected chi connectivity index (χ3v) is 6.48. The molecular weight excluding hydrogens is 554 g/mol. The maximum atomic E-state index is 14.5. The second kappa shape index (κ2) is 12.2. The molecule has 0 saturated carbocycles. The molecule has 0 aliphatic rings. The minimum Gasteiger partial charge on any atom is -0.453 e. The third kappa shape index (κ3) is 6.86. The van der Waals surface area contributed by atoms with Crippen LogP contribution in [-0.2, 0) is 26.9 Å². The summed E-state index contributed by atoms with van der Waals surface area (Å²) in [6.07, 6.45) is 0.296. The number of carbonyl (C=O) groups excluding carboxylic acids is 3. The van der Waals surface area contributed by atoms with E-state index in [0.29, 0.717) is 0 Å². The van der Waals surface area contributed by atoms with Crippen molar-refractivity contribution in [1.29, 1.82) is 0 Å². The lowest BCUT2D eigenvalue weighted by Gasteiger charge is -2.24. The Hall–Kier alpha value is -4.49. The summed E-state index contributed by atoms with van der Waals surface area (Å²) in [5, 5.41) is 12.6. The van der Waals surface area contributed by atoms with Crippen molar-refractivity contribution in [2.75, 3.05) is 12.4 Å². The quantitative estimate of drug-likeness (QED) is 0.355. The van der Waals surface area contributed by atoms with Gasteiger partial charge in [0.25, 0.3) is 11.4 Å². The van der Waals surface area contributed by atoms with Crippen LogP contribution in [0.15, 0.2) is 33.6 Å². The molecule has 0 radical (unpaired) electrons. The average molecular weight is 589 g/mol. The van der Waals surface area contributed by atoms with E-state index < -0.39 is 70.2 Å². The van der Waals surface area contributed by atoms with Gasteiger partial charge in [0.2, 0.25) is 17.6 Å². The van der Waals surface area contributed by atoms with Crippen molar-refractivity contribution in [3.8, 4) is 0 Å². The van der Waals surface area contributed by atoms with E-state index in [2.05, 4.69) is 30.6 Å². The van der Waals surface area contributed by atoms with Gasteiger partial charge in [-0.15, -0.1) is 10.2 Å². The van der Waals surface area contributed by atoms with Gasteiger partial charge in [0.05, 0.1) is 24.8 Å². The minimum atomic E-state index is -1.21. The van der Waals surface area contributed by atoms with Crippen LogP contribution in [-0.4, -0.2) is 50.7 Å². The maximum Gasteiger partial charge on any atom is 0.411 e. The highest BCUT2D eigenvalue weighted by Gasteiger charge is 2.36. The second-order valence-corrected chi connectivity index (χ2v) is 11.6. The molecule has 1 atom stereocenters. The van der Waals surface area contributed by atoms with Gasteiger partial charge in [0.15, 0.2) is 0 Å². The van der Waals surface area contributed by atoms with Crippen molar-refractivity contribution in [1.82, 2.24) is 25.1 Å². The third-order valence-electron chi connectivity index (χ3n) is 6.48. The molecule has 0 aliphatic carbocycles. The summed E-state index contributed by atoms with van der Waals surface area (Å²) in [5.41, 5.74) is -2.68. The molecule has 2 heterocycles. The van der Waals surface area contributed by atoms with E-state index >= 15 is 0 Å². The molecule has 2 N–H and O–H groups in total. The van der Waals surface area contributed by atoms with Crippen molar-refractivity contribution in [3.05, 3.63) is 69.6 Å². The molecule has 0 saturated heterocycles. The minimum absolute atomic E-state index is 0.0814. The van der Waals surface area contributed by atoms with Crippen LogP contribution >= 0.6 is 0 Å². The Morgan fingerprint density at radius 1 is 1.10 bits per heavy atom. The molecule has 0 aliphatic heterocycles. The molecule has 42 heavy (non-hydrogen) atoms. The number of Topliss-reactive ketones (excluding diaryl/α,β-unsaturated/α-hetero) is 1.